The number of aryl methyl sites for hydroxylation is 1. The van der Waals surface area contributed by atoms with Crippen LogP contribution in [-0.4, -0.2) is 32.5 Å². The quantitative estimate of drug-likeness (QED) is 0.321. The SMILES string of the molecule is Cc1nc(CSc2ccccc2C(=O)OCC(=O)c2c(N)n(C)c(=O)n(C)c2=O)cs1. The Labute approximate surface area is 185 Å². The second kappa shape index (κ2) is 9.31. The van der Waals surface area contributed by atoms with Crippen LogP contribution in [0.1, 0.15) is 31.4 Å². The number of benzene rings is 1. The van der Waals surface area contributed by atoms with Crippen molar-refractivity contribution in [2.24, 2.45) is 14.1 Å². The molecule has 3 aromatic rings. The number of nitrogens with two attached hydrogens (primary N) is 1. The van der Waals surface area contributed by atoms with E-state index in [1.165, 1.54) is 25.9 Å². The summed E-state index contributed by atoms with van der Waals surface area (Å²) in [5.41, 5.74) is 5.10. The van der Waals surface area contributed by atoms with Crippen molar-refractivity contribution >= 4 is 40.7 Å². The smallest absolute Gasteiger partial charge is 0.339 e. The van der Waals surface area contributed by atoms with E-state index in [0.29, 0.717) is 16.2 Å². The molecule has 0 aliphatic heterocycles. The lowest BCUT2D eigenvalue weighted by molar-refractivity contribution is 0.0470. The van der Waals surface area contributed by atoms with Gasteiger partial charge in [-0.15, -0.1) is 23.1 Å². The summed E-state index contributed by atoms with van der Waals surface area (Å²) in [7, 11) is 2.58. The van der Waals surface area contributed by atoms with E-state index < -0.39 is 29.6 Å². The van der Waals surface area contributed by atoms with Crippen molar-refractivity contribution in [1.82, 2.24) is 14.1 Å². The molecule has 11 heteroatoms. The zero-order valence-electron chi connectivity index (χ0n) is 17.1. The summed E-state index contributed by atoms with van der Waals surface area (Å²) in [5, 5.41) is 2.92. The van der Waals surface area contributed by atoms with E-state index in [2.05, 4.69) is 4.98 Å². The maximum absolute atomic E-state index is 12.6. The predicted octanol–water partition coefficient (Wildman–Crippen LogP) is 1.76. The molecule has 0 spiro atoms. The number of aromatic nitrogens is 3. The number of carbonyl (C=O) groups is 2. The molecule has 2 aromatic heterocycles. The van der Waals surface area contributed by atoms with Crippen LogP contribution in [-0.2, 0) is 24.6 Å². The van der Waals surface area contributed by atoms with Gasteiger partial charge in [0, 0.05) is 30.1 Å². The molecule has 0 fully saturated rings. The van der Waals surface area contributed by atoms with Crippen LogP contribution in [0, 0.1) is 6.92 Å². The lowest BCUT2D eigenvalue weighted by Crippen LogP contribution is -2.42. The molecule has 162 valence electrons. The maximum Gasteiger partial charge on any atom is 0.339 e. The highest BCUT2D eigenvalue weighted by atomic mass is 32.2. The molecule has 9 nitrogen and oxygen atoms in total. The summed E-state index contributed by atoms with van der Waals surface area (Å²) in [6.07, 6.45) is 0. The normalized spacial score (nSPS) is 10.8. The van der Waals surface area contributed by atoms with Gasteiger partial charge in [-0.25, -0.2) is 14.6 Å². The number of hydrogen-bond donors (Lipinski definition) is 1. The fraction of sp³-hybridized carbons (Fsp3) is 0.250. The Kier molecular flexibility index (Phi) is 6.76. The molecule has 0 saturated carbocycles. The fourth-order valence-corrected chi connectivity index (χ4v) is 4.44. The van der Waals surface area contributed by atoms with Crippen LogP contribution in [0.4, 0.5) is 5.82 Å². The number of nitrogens with zero attached hydrogens (tertiary/aromatic N) is 3. The fourth-order valence-electron chi connectivity index (χ4n) is 2.79. The van der Waals surface area contributed by atoms with Crippen LogP contribution < -0.4 is 17.0 Å². The van der Waals surface area contributed by atoms with Gasteiger partial charge in [0.15, 0.2) is 6.61 Å². The van der Waals surface area contributed by atoms with Crippen LogP contribution in [0.3, 0.4) is 0 Å². The molecule has 0 aliphatic rings. The minimum Gasteiger partial charge on any atom is -0.454 e. The highest BCUT2D eigenvalue weighted by Crippen LogP contribution is 2.27. The summed E-state index contributed by atoms with van der Waals surface area (Å²) < 4.78 is 6.92. The van der Waals surface area contributed by atoms with E-state index in [1.54, 1.807) is 35.6 Å². The van der Waals surface area contributed by atoms with Gasteiger partial charge in [0.05, 0.1) is 16.3 Å². The lowest BCUT2D eigenvalue weighted by atomic mass is 10.2. The Morgan fingerprint density at radius 3 is 2.58 bits per heavy atom. The largest absolute Gasteiger partial charge is 0.454 e. The maximum atomic E-state index is 12.6. The van der Waals surface area contributed by atoms with Gasteiger partial charge in [0.2, 0.25) is 5.78 Å². The van der Waals surface area contributed by atoms with Gasteiger partial charge < -0.3 is 10.5 Å². The molecule has 3 rings (SSSR count). The molecule has 0 unspecified atom stereocenters. The number of nitrogen functional groups attached to an aromatic ring is 1. The average Bonchev–Trinajstić information content (AvgIpc) is 3.18. The first-order valence-electron chi connectivity index (χ1n) is 9.09. The van der Waals surface area contributed by atoms with Crippen LogP contribution in [0.15, 0.2) is 44.1 Å². The topological polar surface area (TPSA) is 126 Å². The Hall–Kier alpha value is -3.18. The third-order valence-corrected chi connectivity index (χ3v) is 6.40. The molecule has 0 atom stereocenters. The third kappa shape index (κ3) is 4.78. The number of Topliss-reactive ketones (excluding diaryl/α,β-unsaturated/α-hetero) is 1. The van der Waals surface area contributed by atoms with Crippen molar-refractivity contribution in [3.63, 3.8) is 0 Å². The molecule has 0 bridgehead atoms. The Morgan fingerprint density at radius 1 is 1.19 bits per heavy atom. The number of ketones is 1. The predicted molar refractivity (Wildman–Crippen MR) is 119 cm³/mol. The van der Waals surface area contributed by atoms with Crippen molar-refractivity contribution in [3.8, 4) is 0 Å². The van der Waals surface area contributed by atoms with Gasteiger partial charge in [-0.05, 0) is 19.1 Å². The summed E-state index contributed by atoms with van der Waals surface area (Å²) >= 11 is 2.98. The monoisotopic (exact) mass is 460 g/mol. The Bertz CT molecular complexity index is 1280. The highest BCUT2D eigenvalue weighted by Gasteiger charge is 2.22. The van der Waals surface area contributed by atoms with Gasteiger partial charge in [0.1, 0.15) is 11.4 Å². The number of thiazole rings is 1. The molecule has 2 N–H and O–H groups in total. The summed E-state index contributed by atoms with van der Waals surface area (Å²) in [6.45, 7) is 1.24. The first-order valence-corrected chi connectivity index (χ1v) is 11.0. The number of anilines is 1. The second-order valence-corrected chi connectivity index (χ2v) is 8.69. The zero-order chi connectivity index (χ0) is 22.7. The summed E-state index contributed by atoms with van der Waals surface area (Å²) in [6, 6.07) is 6.87. The van der Waals surface area contributed by atoms with Gasteiger partial charge in [-0.2, -0.15) is 0 Å². The van der Waals surface area contributed by atoms with E-state index in [0.717, 1.165) is 19.8 Å². The molecule has 0 radical (unpaired) electrons. The van der Waals surface area contributed by atoms with Crippen molar-refractivity contribution in [2.45, 2.75) is 17.6 Å². The third-order valence-electron chi connectivity index (χ3n) is 4.47. The zero-order valence-corrected chi connectivity index (χ0v) is 18.7. The molecule has 31 heavy (non-hydrogen) atoms. The number of thioether (sulfide) groups is 1. The summed E-state index contributed by atoms with van der Waals surface area (Å²) in [4.78, 5) is 54.4. The minimum absolute atomic E-state index is 0.274. The van der Waals surface area contributed by atoms with Crippen LogP contribution in [0.2, 0.25) is 0 Å². The van der Waals surface area contributed by atoms with E-state index in [9.17, 15) is 19.2 Å². The van der Waals surface area contributed by atoms with Crippen molar-refractivity contribution in [1.29, 1.82) is 0 Å². The number of carbonyl (C=O) groups excluding carboxylic acids is 2. The van der Waals surface area contributed by atoms with Crippen LogP contribution in [0.5, 0.6) is 0 Å². The second-order valence-electron chi connectivity index (χ2n) is 6.61. The Morgan fingerprint density at radius 2 is 1.90 bits per heavy atom. The average molecular weight is 461 g/mol. The minimum atomic E-state index is -0.837. The number of rotatable bonds is 7. The summed E-state index contributed by atoms with van der Waals surface area (Å²) in [5.74, 6) is -1.18. The molecule has 1 aromatic carbocycles. The van der Waals surface area contributed by atoms with Crippen LogP contribution >= 0.6 is 23.1 Å². The molecule has 0 amide bonds. The van der Waals surface area contributed by atoms with E-state index >= 15 is 0 Å². The first kappa shape index (κ1) is 22.5. The van der Waals surface area contributed by atoms with Crippen molar-refractivity contribution < 1.29 is 14.3 Å². The van der Waals surface area contributed by atoms with Gasteiger partial charge >= 0.3 is 11.7 Å². The van der Waals surface area contributed by atoms with Crippen molar-refractivity contribution in [3.05, 3.63) is 72.3 Å². The lowest BCUT2D eigenvalue weighted by Gasteiger charge is -2.11. The Balaban J connectivity index is 1.74. The van der Waals surface area contributed by atoms with Gasteiger partial charge in [-0.3, -0.25) is 18.7 Å². The number of hydrogen-bond acceptors (Lipinski definition) is 9. The van der Waals surface area contributed by atoms with Crippen molar-refractivity contribution in [2.75, 3.05) is 12.3 Å². The molecule has 2 heterocycles. The molecule has 0 saturated heterocycles. The van der Waals surface area contributed by atoms with Crippen LogP contribution in [0.25, 0.3) is 0 Å². The van der Waals surface area contributed by atoms with E-state index in [-0.39, 0.29) is 11.4 Å². The van der Waals surface area contributed by atoms with E-state index in [1.807, 2.05) is 12.3 Å². The standard InChI is InChI=1S/C20H20N4O5S2/c1-11-22-12(9-30-11)10-31-15-7-5-4-6-13(15)19(27)29-8-14(25)16-17(21)23(2)20(28)24(3)18(16)26/h4-7,9H,8,10,21H2,1-3H3. The van der Waals surface area contributed by atoms with Gasteiger partial charge in [-0.1, -0.05) is 12.1 Å². The molecule has 0 aliphatic carbocycles. The van der Waals surface area contributed by atoms with Gasteiger partial charge in [0.25, 0.3) is 5.56 Å². The number of ether oxygens (including phenoxy) is 1. The molecular weight excluding hydrogens is 440 g/mol. The number of esters is 1. The molecular formula is C20H20N4O5S2. The first-order chi connectivity index (χ1) is 14.7. The highest BCUT2D eigenvalue weighted by molar-refractivity contribution is 7.98. The van der Waals surface area contributed by atoms with E-state index in [4.69, 9.17) is 10.5 Å².